The van der Waals surface area contributed by atoms with E-state index in [1.165, 1.54) is 6.20 Å². The van der Waals surface area contributed by atoms with E-state index in [0.29, 0.717) is 5.69 Å². The number of quaternary nitrogens is 2. The van der Waals surface area contributed by atoms with Crippen molar-refractivity contribution in [1.82, 2.24) is 22.1 Å². The zero-order valence-corrected chi connectivity index (χ0v) is 10.4. The molecule has 1 rings (SSSR count). The summed E-state index contributed by atoms with van der Waals surface area (Å²) < 4.78 is 1.13. The monoisotopic (exact) mass is 246 g/mol. The van der Waals surface area contributed by atoms with Gasteiger partial charge in [-0.25, -0.2) is 0 Å². The topological polar surface area (TPSA) is 171 Å². The molecule has 1 heterocycles. The lowest BCUT2D eigenvalue weighted by Crippen LogP contribution is -2.38. The Kier molecular flexibility index (Phi) is 6.79. The van der Waals surface area contributed by atoms with E-state index in [0.717, 1.165) is 10.2 Å². The summed E-state index contributed by atoms with van der Waals surface area (Å²) in [6, 6.07) is -1.32. The normalized spacial score (nSPS) is 10.9. The van der Waals surface area contributed by atoms with E-state index in [1.807, 2.05) is 0 Å². The summed E-state index contributed by atoms with van der Waals surface area (Å²) in [4.78, 5) is 21.1. The maximum atomic E-state index is 10.7. The molecule has 17 heavy (non-hydrogen) atoms. The molecule has 8 nitrogen and oxygen atoms in total. The lowest BCUT2D eigenvalue weighted by Gasteiger charge is -2.20. The van der Waals surface area contributed by atoms with Crippen molar-refractivity contribution in [3.8, 4) is 0 Å². The van der Waals surface area contributed by atoms with Crippen LogP contribution in [0.4, 0.5) is 0 Å². The van der Waals surface area contributed by atoms with Crippen molar-refractivity contribution in [2.75, 3.05) is 0 Å². The van der Waals surface area contributed by atoms with Crippen LogP contribution in [0.5, 0.6) is 0 Å². The predicted molar refractivity (Wildman–Crippen MR) is 57.3 cm³/mol. The molecule has 1 aromatic rings. The van der Waals surface area contributed by atoms with E-state index < -0.39 is 24.4 Å². The smallest absolute Gasteiger partial charge is 0.0967 e. The van der Waals surface area contributed by atoms with E-state index in [9.17, 15) is 19.8 Å². The highest BCUT2D eigenvalue weighted by molar-refractivity contribution is 5.77. The first-order valence-electron chi connectivity index (χ1n) is 4.35. The van der Waals surface area contributed by atoms with Crippen molar-refractivity contribution in [3.63, 3.8) is 0 Å². The van der Waals surface area contributed by atoms with Crippen LogP contribution >= 0.6 is 0 Å². The summed E-state index contributed by atoms with van der Waals surface area (Å²) in [6.45, 7) is 3.41. The Morgan fingerprint density at radius 2 is 1.88 bits per heavy atom. The van der Waals surface area contributed by atoms with Gasteiger partial charge >= 0.3 is 0 Å². The zero-order chi connectivity index (χ0) is 11.6. The molecule has 1 aromatic heterocycles. The number of hydrogen-bond acceptors (Lipinski definition) is 5. The molecule has 0 spiro atoms. The predicted octanol–water partition coefficient (Wildman–Crippen LogP) is -1.32. The molecule has 0 saturated heterocycles. The molecule has 0 fully saturated rings. The third kappa shape index (κ3) is 3.85. The average molecular weight is 246 g/mol. The minimum absolute atomic E-state index is 0. The van der Waals surface area contributed by atoms with Gasteiger partial charge in [0.2, 0.25) is 0 Å². The molecule has 1 unspecified atom stereocenters. The van der Waals surface area contributed by atoms with Crippen molar-refractivity contribution in [1.29, 1.82) is 0 Å². The minimum Gasteiger partial charge on any atom is -0.550 e. The van der Waals surface area contributed by atoms with E-state index in [2.05, 4.69) is 5.10 Å². The van der Waals surface area contributed by atoms with Crippen molar-refractivity contribution in [2.45, 2.75) is 26.3 Å². The van der Waals surface area contributed by atoms with Gasteiger partial charge in [-0.05, 0) is 19.4 Å². The largest absolute Gasteiger partial charge is 0.550 e. The molecule has 98 valence electrons. The standard InChI is InChI=1S/C9H12N2O4.2H3N/c1-5-4-10-11(6(5)2)7(9(14)15)3-8(12)13;;/h4,7H,3H2,1-2H3,(H,12,13)(H,14,15);2*1H3. The van der Waals surface area contributed by atoms with Crippen molar-refractivity contribution >= 4 is 11.9 Å². The van der Waals surface area contributed by atoms with Gasteiger partial charge in [-0.15, -0.1) is 0 Å². The van der Waals surface area contributed by atoms with Gasteiger partial charge in [0.05, 0.1) is 18.2 Å². The highest BCUT2D eigenvalue weighted by Gasteiger charge is 2.16. The molecule has 1 atom stereocenters. The first-order chi connectivity index (χ1) is 6.93. The Morgan fingerprint density at radius 3 is 2.18 bits per heavy atom. The van der Waals surface area contributed by atoms with Crippen molar-refractivity contribution in [3.05, 3.63) is 17.5 Å². The third-order valence-electron chi connectivity index (χ3n) is 2.22. The van der Waals surface area contributed by atoms with Crippen LogP contribution in [0.2, 0.25) is 0 Å². The van der Waals surface area contributed by atoms with E-state index in [4.69, 9.17) is 0 Å². The zero-order valence-electron chi connectivity index (χ0n) is 10.4. The second kappa shape index (κ2) is 6.61. The Balaban J connectivity index is 0. The molecule has 8 N–H and O–H groups in total. The molecule has 0 amide bonds. The Morgan fingerprint density at radius 1 is 1.35 bits per heavy atom. The van der Waals surface area contributed by atoms with Crippen molar-refractivity contribution in [2.24, 2.45) is 0 Å². The van der Waals surface area contributed by atoms with Crippen molar-refractivity contribution < 1.29 is 19.8 Å². The SMILES string of the molecule is Cc1cnn(C(CC(=O)[O-])C(=O)[O-])c1C.[NH4+].[NH4+]. The highest BCUT2D eigenvalue weighted by atomic mass is 16.4. The van der Waals surface area contributed by atoms with Crippen LogP contribution in [0, 0.1) is 13.8 Å². The Hall–Kier alpha value is -1.93. The van der Waals surface area contributed by atoms with Gasteiger partial charge in [-0.2, -0.15) is 5.10 Å². The van der Waals surface area contributed by atoms with Crippen LogP contribution in [0.25, 0.3) is 0 Å². The number of aromatic nitrogens is 2. The van der Waals surface area contributed by atoms with Crippen LogP contribution in [0.1, 0.15) is 23.7 Å². The molecular formula is C9H18N4O4. The van der Waals surface area contributed by atoms with Crippen LogP contribution in [-0.4, -0.2) is 21.7 Å². The molecule has 8 heteroatoms. The number of rotatable bonds is 4. The van der Waals surface area contributed by atoms with Gasteiger partial charge in [0.15, 0.2) is 0 Å². The summed E-state index contributed by atoms with van der Waals surface area (Å²) in [5.74, 6) is -2.93. The van der Waals surface area contributed by atoms with Crippen LogP contribution in [-0.2, 0) is 9.59 Å². The molecule has 0 aliphatic rings. The number of aryl methyl sites for hydroxylation is 1. The Labute approximate surface area is 98.4 Å². The lowest BCUT2D eigenvalue weighted by molar-refractivity contribution is -0.319. The summed E-state index contributed by atoms with van der Waals surface area (Å²) in [6.07, 6.45) is 0.824. The average Bonchev–Trinajstić information content (AvgIpc) is 2.44. The number of carbonyl (C=O) groups excluding carboxylic acids is 2. The lowest BCUT2D eigenvalue weighted by atomic mass is 10.2. The van der Waals surface area contributed by atoms with Gasteiger partial charge < -0.3 is 32.1 Å². The van der Waals surface area contributed by atoms with Crippen LogP contribution in [0.3, 0.4) is 0 Å². The van der Waals surface area contributed by atoms with E-state index >= 15 is 0 Å². The summed E-state index contributed by atoms with van der Waals surface area (Å²) in [7, 11) is 0. The number of carboxylic acid groups (broad SMARTS) is 2. The highest BCUT2D eigenvalue weighted by Crippen LogP contribution is 2.14. The quantitative estimate of drug-likeness (QED) is 0.669. The molecule has 0 bridgehead atoms. The fraction of sp³-hybridized carbons (Fsp3) is 0.444. The molecule has 0 aliphatic carbocycles. The first kappa shape index (κ1) is 17.5. The van der Waals surface area contributed by atoms with Gasteiger partial charge in [0, 0.05) is 18.1 Å². The number of carbonyl (C=O) groups is 2. The summed E-state index contributed by atoms with van der Waals surface area (Å²) in [5, 5.41) is 24.9. The number of aliphatic carboxylic acids is 2. The van der Waals surface area contributed by atoms with E-state index in [-0.39, 0.29) is 12.3 Å². The van der Waals surface area contributed by atoms with Gasteiger partial charge in [-0.1, -0.05) is 0 Å². The second-order valence-corrected chi connectivity index (χ2v) is 3.27. The maximum absolute atomic E-state index is 10.7. The molecule has 0 aromatic carbocycles. The first-order valence-corrected chi connectivity index (χ1v) is 4.35. The molecule has 0 saturated carbocycles. The summed E-state index contributed by atoms with van der Waals surface area (Å²) >= 11 is 0. The fourth-order valence-corrected chi connectivity index (χ4v) is 1.25. The third-order valence-corrected chi connectivity index (χ3v) is 2.22. The van der Waals surface area contributed by atoms with Crippen LogP contribution in [0.15, 0.2) is 6.20 Å². The van der Waals surface area contributed by atoms with Gasteiger partial charge in [0.25, 0.3) is 0 Å². The van der Waals surface area contributed by atoms with Crippen LogP contribution < -0.4 is 22.5 Å². The van der Waals surface area contributed by atoms with Gasteiger partial charge in [-0.3, -0.25) is 4.68 Å². The number of carboxylic acids is 2. The van der Waals surface area contributed by atoms with E-state index in [1.54, 1.807) is 13.8 Å². The molecule has 0 aliphatic heterocycles. The van der Waals surface area contributed by atoms with Gasteiger partial charge in [0.1, 0.15) is 0 Å². The Bertz CT molecular complexity index is 402. The fourth-order valence-electron chi connectivity index (χ4n) is 1.25. The maximum Gasteiger partial charge on any atom is 0.0967 e. The number of hydrogen-bond donors (Lipinski definition) is 2. The second-order valence-electron chi connectivity index (χ2n) is 3.27. The molecule has 0 radical (unpaired) electrons. The summed E-state index contributed by atoms with van der Waals surface area (Å²) in [5.41, 5.74) is 1.39. The molecular weight excluding hydrogens is 228 g/mol. The minimum atomic E-state index is -1.48. The number of nitrogens with zero attached hydrogens (tertiary/aromatic N) is 2.